The lowest BCUT2D eigenvalue weighted by Gasteiger charge is -2.27. The summed E-state index contributed by atoms with van der Waals surface area (Å²) in [5.74, 6) is 0. The van der Waals surface area contributed by atoms with Crippen LogP contribution in [0.4, 0.5) is 0 Å². The van der Waals surface area contributed by atoms with Crippen molar-refractivity contribution in [2.75, 3.05) is 0 Å². The molecule has 36 heavy (non-hydrogen) atoms. The van der Waals surface area contributed by atoms with Crippen LogP contribution in [0.2, 0.25) is 0 Å². The monoisotopic (exact) mass is 466 g/mol. The molecule has 0 N–H and O–H groups in total. The van der Waals surface area contributed by atoms with E-state index in [1.165, 1.54) is 16.7 Å². The first-order chi connectivity index (χ1) is 17.5. The van der Waals surface area contributed by atoms with Gasteiger partial charge >= 0.3 is 0 Å². The second-order valence-corrected chi connectivity index (χ2v) is 10.5. The number of rotatable bonds is 2. The normalized spacial score (nSPS) is 12.3. The molecule has 0 fully saturated rings. The largest absolute Gasteiger partial charge is 0.455 e. The van der Waals surface area contributed by atoms with Gasteiger partial charge in [-0.15, -0.1) is 0 Å². The highest BCUT2D eigenvalue weighted by atomic mass is 16.3. The van der Waals surface area contributed by atoms with Crippen LogP contribution < -0.4 is 0 Å². The smallest absolute Gasteiger partial charge is 0.143 e. The fraction of sp³-hybridized carbons (Fsp3) is 0.118. The maximum Gasteiger partial charge on any atom is 0.143 e. The van der Waals surface area contributed by atoms with Crippen molar-refractivity contribution in [1.82, 2.24) is 0 Å². The van der Waals surface area contributed by atoms with Crippen LogP contribution in [-0.2, 0) is 5.41 Å². The molecule has 7 rings (SSSR count). The molecule has 2 aromatic heterocycles. The molecule has 0 atom stereocenters. The summed E-state index contributed by atoms with van der Waals surface area (Å²) in [7, 11) is 0. The minimum Gasteiger partial charge on any atom is -0.455 e. The van der Waals surface area contributed by atoms with E-state index in [1.54, 1.807) is 0 Å². The number of hydrogen-bond donors (Lipinski definition) is 0. The maximum absolute atomic E-state index is 6.44. The Bertz CT molecular complexity index is 1790. The molecule has 0 aliphatic heterocycles. The molecule has 2 heterocycles. The van der Waals surface area contributed by atoms with Crippen molar-refractivity contribution in [3.8, 4) is 22.3 Å². The highest BCUT2D eigenvalue weighted by Crippen LogP contribution is 2.45. The van der Waals surface area contributed by atoms with Gasteiger partial charge < -0.3 is 8.83 Å². The Hall–Kier alpha value is -4.30. The molecule has 5 aromatic carbocycles. The van der Waals surface area contributed by atoms with Crippen molar-refractivity contribution >= 4 is 43.9 Å². The van der Waals surface area contributed by atoms with Gasteiger partial charge in [0.2, 0.25) is 0 Å². The lowest BCUT2D eigenvalue weighted by atomic mass is 9.77. The highest BCUT2D eigenvalue weighted by molar-refractivity contribution is 6.12. The number of furan rings is 2. The van der Waals surface area contributed by atoms with Crippen LogP contribution in [0.1, 0.15) is 26.3 Å². The molecule has 0 saturated heterocycles. The summed E-state index contributed by atoms with van der Waals surface area (Å²) >= 11 is 0. The zero-order chi connectivity index (χ0) is 24.4. The predicted octanol–water partition coefficient (Wildman–Crippen LogP) is 10.1. The number of para-hydroxylation sites is 4. The third kappa shape index (κ3) is 3.04. The van der Waals surface area contributed by atoms with E-state index in [-0.39, 0.29) is 5.41 Å². The van der Waals surface area contributed by atoms with Gasteiger partial charge in [-0.3, -0.25) is 0 Å². The van der Waals surface area contributed by atoms with E-state index in [1.807, 2.05) is 24.3 Å². The second kappa shape index (κ2) is 7.60. The standard InChI is InChI=1S/C34H26O2/c1-34(2,3)31-23(27-17-9-15-25-21-11-4-6-19-29(21)35-32(25)27)13-8-14-24(31)28-18-10-16-26-22-12-5-7-20-30(22)36-33(26)28/h4-20H,1-3H3. The zero-order valence-corrected chi connectivity index (χ0v) is 20.6. The third-order valence-electron chi connectivity index (χ3n) is 7.20. The van der Waals surface area contributed by atoms with E-state index >= 15 is 0 Å². The van der Waals surface area contributed by atoms with Crippen LogP contribution in [0.5, 0.6) is 0 Å². The van der Waals surface area contributed by atoms with Gasteiger partial charge in [-0.1, -0.05) is 112 Å². The molecule has 7 aromatic rings. The van der Waals surface area contributed by atoms with Crippen molar-refractivity contribution in [3.05, 3.63) is 109 Å². The zero-order valence-electron chi connectivity index (χ0n) is 20.6. The first-order valence-electron chi connectivity index (χ1n) is 12.5. The second-order valence-electron chi connectivity index (χ2n) is 10.5. The van der Waals surface area contributed by atoms with Crippen LogP contribution in [0.15, 0.2) is 112 Å². The fourth-order valence-electron chi connectivity index (χ4n) is 5.73. The molecule has 0 aliphatic carbocycles. The summed E-state index contributed by atoms with van der Waals surface area (Å²) in [6, 6.07) is 36.1. The summed E-state index contributed by atoms with van der Waals surface area (Å²) in [5, 5.41) is 4.59. The molecule has 2 heteroatoms. The summed E-state index contributed by atoms with van der Waals surface area (Å²) in [5.41, 5.74) is 9.49. The molecule has 0 unspecified atom stereocenters. The van der Waals surface area contributed by atoms with Gasteiger partial charge in [0.1, 0.15) is 22.3 Å². The van der Waals surface area contributed by atoms with E-state index < -0.39 is 0 Å². The van der Waals surface area contributed by atoms with Gasteiger partial charge in [0.05, 0.1) is 0 Å². The lowest BCUT2D eigenvalue weighted by Crippen LogP contribution is -2.14. The van der Waals surface area contributed by atoms with Crippen LogP contribution in [0, 0.1) is 0 Å². The summed E-state index contributed by atoms with van der Waals surface area (Å²) < 4.78 is 12.9. The minimum absolute atomic E-state index is 0.117. The Morgan fingerprint density at radius 3 is 1.28 bits per heavy atom. The molecule has 0 spiro atoms. The molecule has 0 amide bonds. The molecule has 0 aliphatic rings. The molecular weight excluding hydrogens is 440 g/mol. The lowest BCUT2D eigenvalue weighted by molar-refractivity contribution is 0.593. The van der Waals surface area contributed by atoms with Crippen molar-refractivity contribution in [3.63, 3.8) is 0 Å². The van der Waals surface area contributed by atoms with Gasteiger partial charge in [-0.25, -0.2) is 0 Å². The van der Waals surface area contributed by atoms with Crippen LogP contribution >= 0.6 is 0 Å². The Kier molecular flexibility index (Phi) is 4.44. The fourth-order valence-corrected chi connectivity index (χ4v) is 5.73. The maximum atomic E-state index is 6.44. The molecular formula is C34H26O2. The van der Waals surface area contributed by atoms with E-state index in [0.717, 1.165) is 55.0 Å². The van der Waals surface area contributed by atoms with Crippen LogP contribution in [0.3, 0.4) is 0 Å². The topological polar surface area (TPSA) is 26.3 Å². The van der Waals surface area contributed by atoms with Crippen molar-refractivity contribution in [1.29, 1.82) is 0 Å². The van der Waals surface area contributed by atoms with Crippen molar-refractivity contribution in [2.24, 2.45) is 0 Å². The summed E-state index contributed by atoms with van der Waals surface area (Å²) in [6.45, 7) is 6.85. The third-order valence-corrected chi connectivity index (χ3v) is 7.20. The Labute approximate surface area is 209 Å². The first kappa shape index (κ1) is 21.0. The molecule has 0 radical (unpaired) electrons. The van der Waals surface area contributed by atoms with Gasteiger partial charge in [-0.2, -0.15) is 0 Å². The summed E-state index contributed by atoms with van der Waals surface area (Å²) in [4.78, 5) is 0. The number of benzene rings is 5. The minimum atomic E-state index is -0.117. The number of fused-ring (bicyclic) bond motifs is 6. The quantitative estimate of drug-likeness (QED) is 0.253. The van der Waals surface area contributed by atoms with Gasteiger partial charge in [0.15, 0.2) is 0 Å². The van der Waals surface area contributed by atoms with Crippen molar-refractivity contribution in [2.45, 2.75) is 26.2 Å². The average molecular weight is 467 g/mol. The van der Waals surface area contributed by atoms with E-state index in [9.17, 15) is 0 Å². The van der Waals surface area contributed by atoms with Crippen LogP contribution in [0.25, 0.3) is 66.1 Å². The predicted molar refractivity (Wildman–Crippen MR) is 151 cm³/mol. The van der Waals surface area contributed by atoms with E-state index in [0.29, 0.717) is 0 Å². The number of hydrogen-bond acceptors (Lipinski definition) is 2. The van der Waals surface area contributed by atoms with E-state index in [2.05, 4.69) is 99.6 Å². The van der Waals surface area contributed by atoms with Crippen LogP contribution in [-0.4, -0.2) is 0 Å². The van der Waals surface area contributed by atoms with Gasteiger partial charge in [0.25, 0.3) is 0 Å². The SMILES string of the molecule is CC(C)(C)c1c(-c2cccc3c2oc2ccccc23)cccc1-c1cccc2c1oc1ccccc12. The average Bonchev–Trinajstić information content (AvgIpc) is 3.46. The highest BCUT2D eigenvalue weighted by Gasteiger charge is 2.26. The Morgan fingerprint density at radius 2 is 0.806 bits per heavy atom. The van der Waals surface area contributed by atoms with Gasteiger partial charge in [-0.05, 0) is 34.2 Å². The van der Waals surface area contributed by atoms with Gasteiger partial charge in [0, 0.05) is 32.7 Å². The van der Waals surface area contributed by atoms with E-state index in [4.69, 9.17) is 8.83 Å². The Balaban J connectivity index is 1.56. The molecule has 174 valence electrons. The molecule has 0 bridgehead atoms. The first-order valence-corrected chi connectivity index (χ1v) is 12.5. The molecule has 2 nitrogen and oxygen atoms in total. The molecule has 0 saturated carbocycles. The van der Waals surface area contributed by atoms with Crippen molar-refractivity contribution < 1.29 is 8.83 Å². The Morgan fingerprint density at radius 1 is 0.417 bits per heavy atom. The summed E-state index contributed by atoms with van der Waals surface area (Å²) in [6.07, 6.45) is 0.